The van der Waals surface area contributed by atoms with Crippen molar-refractivity contribution in [2.24, 2.45) is 0 Å². The first-order chi connectivity index (χ1) is 16.9. The van der Waals surface area contributed by atoms with Crippen LogP contribution in [0, 0.1) is 5.82 Å². The Kier molecular flexibility index (Phi) is 7.19. The van der Waals surface area contributed by atoms with Gasteiger partial charge in [0.15, 0.2) is 6.10 Å². The van der Waals surface area contributed by atoms with Crippen molar-refractivity contribution < 1.29 is 33.3 Å². The summed E-state index contributed by atoms with van der Waals surface area (Å²) in [6, 6.07) is 17.4. The third kappa shape index (κ3) is 5.37. The second kappa shape index (κ2) is 10.5. The Morgan fingerprint density at radius 1 is 1.06 bits per heavy atom. The number of methoxy groups -OCH3 is 1. The molecule has 0 aromatic heterocycles. The lowest BCUT2D eigenvalue weighted by Crippen LogP contribution is -2.37. The van der Waals surface area contributed by atoms with Crippen LogP contribution >= 0.6 is 0 Å². The zero-order valence-corrected chi connectivity index (χ0v) is 19.5. The van der Waals surface area contributed by atoms with E-state index in [2.05, 4.69) is 0 Å². The van der Waals surface area contributed by atoms with Gasteiger partial charge < -0.3 is 24.2 Å². The number of hydrogen-bond acceptors (Lipinski definition) is 5. The van der Waals surface area contributed by atoms with Crippen molar-refractivity contribution in [3.05, 3.63) is 83.2 Å². The Hall–Kier alpha value is -4.07. The molecule has 1 aliphatic heterocycles. The zero-order chi connectivity index (χ0) is 24.9. The summed E-state index contributed by atoms with van der Waals surface area (Å²) in [5.41, 5.74) is 3.34. The Morgan fingerprint density at radius 2 is 1.83 bits per heavy atom. The van der Waals surface area contributed by atoms with Crippen LogP contribution in [0.25, 0.3) is 11.1 Å². The van der Waals surface area contributed by atoms with E-state index in [-0.39, 0.29) is 19.0 Å². The van der Waals surface area contributed by atoms with E-state index >= 15 is 0 Å². The van der Waals surface area contributed by atoms with Gasteiger partial charge in [0.2, 0.25) is 0 Å². The van der Waals surface area contributed by atoms with Crippen LogP contribution in [0.15, 0.2) is 60.7 Å². The average Bonchev–Trinajstić information content (AvgIpc) is 2.88. The molecular weight excluding hydrogens is 453 g/mol. The van der Waals surface area contributed by atoms with Gasteiger partial charge in [-0.3, -0.25) is 0 Å². The first kappa shape index (κ1) is 24.1. The molecule has 1 unspecified atom stereocenters. The Morgan fingerprint density at radius 3 is 2.54 bits per heavy atom. The highest BCUT2D eigenvalue weighted by atomic mass is 19.1. The predicted molar refractivity (Wildman–Crippen MR) is 127 cm³/mol. The number of aliphatic carboxylic acids is 1. The maximum absolute atomic E-state index is 14.7. The molecule has 3 aromatic carbocycles. The monoisotopic (exact) mass is 479 g/mol. The minimum absolute atomic E-state index is 0.147. The summed E-state index contributed by atoms with van der Waals surface area (Å²) in [5.74, 6) is -0.584. The van der Waals surface area contributed by atoms with Gasteiger partial charge >= 0.3 is 12.1 Å². The van der Waals surface area contributed by atoms with E-state index in [1.54, 1.807) is 29.2 Å². The van der Waals surface area contributed by atoms with Crippen LogP contribution in [0.1, 0.15) is 23.6 Å². The van der Waals surface area contributed by atoms with E-state index in [1.165, 1.54) is 20.1 Å². The molecule has 0 aliphatic carbocycles. The van der Waals surface area contributed by atoms with Crippen LogP contribution in [0.2, 0.25) is 0 Å². The molecule has 182 valence electrons. The number of fused-ring (bicyclic) bond motifs is 1. The summed E-state index contributed by atoms with van der Waals surface area (Å²) < 4.78 is 31.3. The molecule has 0 saturated heterocycles. The molecule has 3 aromatic rings. The number of carbonyl (C=O) groups excluding carboxylic acids is 1. The van der Waals surface area contributed by atoms with Gasteiger partial charge in [0.25, 0.3) is 0 Å². The number of carbonyl (C=O) groups is 2. The molecule has 7 nitrogen and oxygen atoms in total. The second-order valence-corrected chi connectivity index (χ2v) is 8.22. The number of halogens is 1. The van der Waals surface area contributed by atoms with Crippen molar-refractivity contribution in [2.45, 2.75) is 32.6 Å². The van der Waals surface area contributed by atoms with Crippen LogP contribution in [-0.4, -0.2) is 41.8 Å². The largest absolute Gasteiger partial charge is 0.496 e. The van der Waals surface area contributed by atoms with Crippen LogP contribution in [0.5, 0.6) is 11.5 Å². The van der Waals surface area contributed by atoms with E-state index < -0.39 is 18.2 Å². The summed E-state index contributed by atoms with van der Waals surface area (Å²) in [6.07, 6.45) is -1.19. The summed E-state index contributed by atoms with van der Waals surface area (Å²) >= 11 is 0. The molecule has 0 fully saturated rings. The summed E-state index contributed by atoms with van der Waals surface area (Å²) in [6.45, 7) is 2.08. The second-order valence-electron chi connectivity index (χ2n) is 8.22. The van der Waals surface area contributed by atoms with Gasteiger partial charge in [-0.1, -0.05) is 36.4 Å². The predicted octanol–water partition coefficient (Wildman–Crippen LogP) is 5.05. The van der Waals surface area contributed by atoms with E-state index in [4.69, 9.17) is 14.2 Å². The van der Waals surface area contributed by atoms with Crippen LogP contribution < -0.4 is 9.47 Å². The van der Waals surface area contributed by atoms with Crippen molar-refractivity contribution in [1.82, 2.24) is 4.90 Å². The molecule has 1 amide bonds. The number of rotatable bonds is 7. The molecule has 0 radical (unpaired) electrons. The third-order valence-corrected chi connectivity index (χ3v) is 5.94. The van der Waals surface area contributed by atoms with Gasteiger partial charge in [-0.05, 0) is 59.9 Å². The fourth-order valence-corrected chi connectivity index (χ4v) is 4.08. The standard InChI is InChI=1S/C27H26FNO6/c1-17(26(30)31)35-19-8-11-25(33-2)22(14-19)20-9-10-24(28)21-12-13-29(15-23(20)21)27(32)34-16-18-6-4-3-5-7-18/h3-11,14,17H,12-13,15-16H2,1-2H3,(H,30,31). The third-order valence-electron chi connectivity index (χ3n) is 5.94. The molecule has 8 heteroatoms. The highest BCUT2D eigenvalue weighted by Gasteiger charge is 2.27. The van der Waals surface area contributed by atoms with Crippen molar-refractivity contribution in [3.8, 4) is 22.6 Å². The molecule has 0 spiro atoms. The number of benzene rings is 3. The van der Waals surface area contributed by atoms with Crippen LogP contribution in [0.4, 0.5) is 9.18 Å². The first-order valence-corrected chi connectivity index (χ1v) is 11.2. The SMILES string of the molecule is COc1ccc(OC(C)C(=O)O)cc1-c1ccc(F)c2c1CN(C(=O)OCc1ccccc1)CC2. The minimum Gasteiger partial charge on any atom is -0.496 e. The zero-order valence-electron chi connectivity index (χ0n) is 19.5. The topological polar surface area (TPSA) is 85.3 Å². The fraction of sp³-hybridized carbons (Fsp3) is 0.259. The highest BCUT2D eigenvalue weighted by molar-refractivity contribution is 5.78. The average molecular weight is 480 g/mol. The number of carboxylic acid groups (broad SMARTS) is 1. The number of amides is 1. The number of hydrogen-bond donors (Lipinski definition) is 1. The first-order valence-electron chi connectivity index (χ1n) is 11.2. The fourth-order valence-electron chi connectivity index (χ4n) is 4.08. The van der Waals surface area contributed by atoms with Crippen LogP contribution in [0.3, 0.4) is 0 Å². The van der Waals surface area contributed by atoms with Gasteiger partial charge in [-0.2, -0.15) is 0 Å². The highest BCUT2D eigenvalue weighted by Crippen LogP contribution is 2.39. The van der Waals surface area contributed by atoms with E-state index in [1.807, 2.05) is 30.3 Å². The maximum atomic E-state index is 14.7. The normalized spacial score (nSPS) is 13.5. The van der Waals surface area contributed by atoms with E-state index in [0.29, 0.717) is 46.7 Å². The van der Waals surface area contributed by atoms with Gasteiger partial charge in [-0.15, -0.1) is 0 Å². The summed E-state index contributed by atoms with van der Waals surface area (Å²) in [4.78, 5) is 25.5. The van der Waals surface area contributed by atoms with Crippen molar-refractivity contribution in [1.29, 1.82) is 0 Å². The molecule has 1 N–H and O–H groups in total. The molecule has 0 bridgehead atoms. The van der Waals surface area contributed by atoms with Crippen molar-refractivity contribution in [2.75, 3.05) is 13.7 Å². The quantitative estimate of drug-likeness (QED) is 0.511. The lowest BCUT2D eigenvalue weighted by atomic mass is 9.90. The number of ether oxygens (including phenoxy) is 3. The van der Waals surface area contributed by atoms with Gasteiger partial charge in [0.05, 0.1) is 7.11 Å². The van der Waals surface area contributed by atoms with E-state index in [9.17, 15) is 19.1 Å². The Labute approximate surface area is 202 Å². The molecule has 1 heterocycles. The maximum Gasteiger partial charge on any atom is 0.410 e. The number of nitrogens with zero attached hydrogens (tertiary/aromatic N) is 1. The van der Waals surface area contributed by atoms with Gasteiger partial charge in [0, 0.05) is 18.7 Å². The number of carboxylic acids is 1. The van der Waals surface area contributed by atoms with E-state index in [0.717, 1.165) is 5.56 Å². The minimum atomic E-state index is -1.09. The van der Waals surface area contributed by atoms with Crippen molar-refractivity contribution >= 4 is 12.1 Å². The van der Waals surface area contributed by atoms with Gasteiger partial charge in [0.1, 0.15) is 23.9 Å². The molecule has 1 aliphatic rings. The molecule has 1 atom stereocenters. The Bertz CT molecular complexity index is 1230. The van der Waals surface area contributed by atoms with Gasteiger partial charge in [-0.25, -0.2) is 14.0 Å². The smallest absolute Gasteiger partial charge is 0.410 e. The molecule has 0 saturated carbocycles. The van der Waals surface area contributed by atoms with Crippen LogP contribution in [-0.2, 0) is 29.1 Å². The summed E-state index contributed by atoms with van der Waals surface area (Å²) in [5, 5.41) is 9.18. The van der Waals surface area contributed by atoms with Crippen molar-refractivity contribution in [3.63, 3.8) is 0 Å². The molecule has 4 rings (SSSR count). The lowest BCUT2D eigenvalue weighted by Gasteiger charge is -2.30. The Balaban J connectivity index is 1.63. The lowest BCUT2D eigenvalue weighted by molar-refractivity contribution is -0.144. The summed E-state index contributed by atoms with van der Waals surface area (Å²) in [7, 11) is 1.52. The molecular formula is C27H26FNO6. The molecule has 35 heavy (non-hydrogen) atoms.